The minimum absolute atomic E-state index is 0.175. The van der Waals surface area contributed by atoms with Crippen LogP contribution in [0.1, 0.15) is 64.7 Å². The summed E-state index contributed by atoms with van der Waals surface area (Å²) in [4.78, 5) is 10.7. The molecule has 0 aliphatic heterocycles. The van der Waals surface area contributed by atoms with Crippen LogP contribution in [-0.4, -0.2) is 13.1 Å². The standard InChI is InChI=1S/C16H27FO2/c1-3-4-5-6-7-8-9-10-12-15(17)13-11-14-16(18)19-2/h11,13-14H,3-10,12H2,1-2H3/b14-11+,15-13+. The van der Waals surface area contributed by atoms with Crippen LogP contribution in [0.2, 0.25) is 0 Å². The minimum atomic E-state index is -0.462. The Labute approximate surface area is 116 Å². The quantitative estimate of drug-likeness (QED) is 0.226. The van der Waals surface area contributed by atoms with Crippen molar-refractivity contribution < 1.29 is 13.9 Å². The lowest BCUT2D eigenvalue weighted by Gasteiger charge is -2.00. The fourth-order valence-electron chi connectivity index (χ4n) is 1.81. The molecule has 0 spiro atoms. The lowest BCUT2D eigenvalue weighted by Crippen LogP contribution is -1.92. The monoisotopic (exact) mass is 270 g/mol. The molecule has 0 saturated heterocycles. The van der Waals surface area contributed by atoms with E-state index in [1.54, 1.807) is 0 Å². The second kappa shape index (κ2) is 13.3. The van der Waals surface area contributed by atoms with Crippen molar-refractivity contribution >= 4 is 5.97 Å². The molecule has 0 unspecified atom stereocenters. The van der Waals surface area contributed by atoms with Crippen molar-refractivity contribution in [1.29, 1.82) is 0 Å². The summed E-state index contributed by atoms with van der Waals surface area (Å²) in [5.41, 5.74) is 0. The summed E-state index contributed by atoms with van der Waals surface area (Å²) in [5.74, 6) is -0.637. The first-order valence-corrected chi connectivity index (χ1v) is 7.31. The van der Waals surface area contributed by atoms with E-state index >= 15 is 0 Å². The van der Waals surface area contributed by atoms with Gasteiger partial charge in [-0.25, -0.2) is 9.18 Å². The Hall–Kier alpha value is -1.12. The Morgan fingerprint density at radius 3 is 2.21 bits per heavy atom. The second-order valence-corrected chi connectivity index (χ2v) is 4.72. The van der Waals surface area contributed by atoms with E-state index in [1.165, 1.54) is 63.9 Å². The Morgan fingerprint density at radius 1 is 1.05 bits per heavy atom. The molecule has 0 rings (SSSR count). The molecule has 0 amide bonds. The summed E-state index contributed by atoms with van der Waals surface area (Å²) >= 11 is 0. The predicted molar refractivity (Wildman–Crippen MR) is 77.6 cm³/mol. The molecule has 0 radical (unpaired) electrons. The van der Waals surface area contributed by atoms with Crippen LogP contribution in [0.15, 0.2) is 24.1 Å². The van der Waals surface area contributed by atoms with E-state index in [2.05, 4.69) is 11.7 Å². The van der Waals surface area contributed by atoms with E-state index < -0.39 is 5.97 Å². The Bertz CT molecular complexity index is 282. The molecule has 0 aromatic carbocycles. The maximum Gasteiger partial charge on any atom is 0.330 e. The highest BCUT2D eigenvalue weighted by molar-refractivity contribution is 5.82. The number of ether oxygens (including phenoxy) is 1. The number of carbonyl (C=O) groups excluding carboxylic acids is 1. The van der Waals surface area contributed by atoms with Crippen LogP contribution in [0.4, 0.5) is 4.39 Å². The third kappa shape index (κ3) is 13.1. The maximum absolute atomic E-state index is 13.3. The van der Waals surface area contributed by atoms with Crippen LogP contribution in [0.25, 0.3) is 0 Å². The zero-order valence-electron chi connectivity index (χ0n) is 12.3. The largest absolute Gasteiger partial charge is 0.466 e. The van der Waals surface area contributed by atoms with Crippen LogP contribution >= 0.6 is 0 Å². The van der Waals surface area contributed by atoms with Gasteiger partial charge in [0.05, 0.1) is 12.9 Å². The van der Waals surface area contributed by atoms with E-state index in [0.717, 1.165) is 12.8 Å². The maximum atomic E-state index is 13.3. The number of esters is 1. The van der Waals surface area contributed by atoms with Gasteiger partial charge in [0.2, 0.25) is 0 Å². The summed E-state index contributed by atoms with van der Waals surface area (Å²) < 4.78 is 17.7. The van der Waals surface area contributed by atoms with E-state index in [4.69, 9.17) is 0 Å². The van der Waals surface area contributed by atoms with Crippen molar-refractivity contribution in [1.82, 2.24) is 0 Å². The number of halogens is 1. The number of allylic oxidation sites excluding steroid dienone is 3. The molecule has 3 heteroatoms. The topological polar surface area (TPSA) is 26.3 Å². The van der Waals surface area contributed by atoms with Crippen molar-refractivity contribution in [2.75, 3.05) is 7.11 Å². The molecule has 110 valence electrons. The van der Waals surface area contributed by atoms with Gasteiger partial charge < -0.3 is 4.74 Å². The highest BCUT2D eigenvalue weighted by Gasteiger charge is 1.96. The number of unbranched alkanes of at least 4 members (excludes halogenated alkanes) is 7. The molecule has 0 bridgehead atoms. The van der Waals surface area contributed by atoms with Gasteiger partial charge in [-0.2, -0.15) is 0 Å². The summed E-state index contributed by atoms with van der Waals surface area (Å²) in [6, 6.07) is 0. The number of rotatable bonds is 11. The SMILES string of the molecule is CCCCCCCCCC/C(F)=C\C=C\C(=O)OC. The molecule has 0 heterocycles. The van der Waals surface area contributed by atoms with Crippen LogP contribution < -0.4 is 0 Å². The molecule has 0 aliphatic carbocycles. The first kappa shape index (κ1) is 17.9. The Kier molecular flexibility index (Phi) is 12.5. The molecule has 0 fully saturated rings. The van der Waals surface area contributed by atoms with Crippen LogP contribution in [-0.2, 0) is 9.53 Å². The van der Waals surface area contributed by atoms with Crippen molar-refractivity contribution in [3.05, 3.63) is 24.1 Å². The average molecular weight is 270 g/mol. The van der Waals surface area contributed by atoms with Gasteiger partial charge >= 0.3 is 5.97 Å². The summed E-state index contributed by atoms with van der Waals surface area (Å²) in [6.45, 7) is 2.21. The average Bonchev–Trinajstić information content (AvgIpc) is 2.41. The third-order valence-electron chi connectivity index (χ3n) is 2.98. The number of carbonyl (C=O) groups is 1. The molecule has 0 aromatic heterocycles. The fraction of sp³-hybridized carbons (Fsp3) is 0.688. The number of hydrogen-bond acceptors (Lipinski definition) is 2. The van der Waals surface area contributed by atoms with Gasteiger partial charge in [-0.1, -0.05) is 57.9 Å². The number of methoxy groups -OCH3 is 1. The Morgan fingerprint density at radius 2 is 1.63 bits per heavy atom. The normalized spacial score (nSPS) is 12.1. The smallest absolute Gasteiger partial charge is 0.330 e. The summed E-state index contributed by atoms with van der Waals surface area (Å²) in [6.07, 6.45) is 14.0. The molecule has 0 saturated carbocycles. The van der Waals surface area contributed by atoms with Gasteiger partial charge in [-0.3, -0.25) is 0 Å². The van der Waals surface area contributed by atoms with Crippen molar-refractivity contribution in [3.8, 4) is 0 Å². The van der Waals surface area contributed by atoms with Gasteiger partial charge in [0.15, 0.2) is 0 Å². The van der Waals surface area contributed by atoms with Crippen LogP contribution in [0.5, 0.6) is 0 Å². The third-order valence-corrected chi connectivity index (χ3v) is 2.98. The lowest BCUT2D eigenvalue weighted by atomic mass is 10.1. The second-order valence-electron chi connectivity index (χ2n) is 4.72. The van der Waals surface area contributed by atoms with Gasteiger partial charge in [0, 0.05) is 6.08 Å². The van der Waals surface area contributed by atoms with E-state index in [9.17, 15) is 9.18 Å². The van der Waals surface area contributed by atoms with E-state index in [-0.39, 0.29) is 5.83 Å². The predicted octanol–water partition coefficient (Wildman–Crippen LogP) is 5.10. The number of hydrogen-bond donors (Lipinski definition) is 0. The zero-order valence-corrected chi connectivity index (χ0v) is 12.3. The van der Waals surface area contributed by atoms with Crippen LogP contribution in [0.3, 0.4) is 0 Å². The van der Waals surface area contributed by atoms with Crippen molar-refractivity contribution in [3.63, 3.8) is 0 Å². The van der Waals surface area contributed by atoms with Gasteiger partial charge in [-0.05, 0) is 18.9 Å². The highest BCUT2D eigenvalue weighted by atomic mass is 19.1. The molecule has 0 N–H and O–H groups in total. The molecule has 0 aliphatic rings. The van der Waals surface area contributed by atoms with Crippen molar-refractivity contribution in [2.24, 2.45) is 0 Å². The molecule has 19 heavy (non-hydrogen) atoms. The van der Waals surface area contributed by atoms with Crippen molar-refractivity contribution in [2.45, 2.75) is 64.7 Å². The molecule has 0 atom stereocenters. The minimum Gasteiger partial charge on any atom is -0.466 e. The van der Waals surface area contributed by atoms with Crippen LogP contribution in [0, 0.1) is 0 Å². The van der Waals surface area contributed by atoms with Gasteiger partial charge in [0.25, 0.3) is 0 Å². The summed E-state index contributed by atoms with van der Waals surface area (Å²) in [5, 5.41) is 0. The molecule has 0 aromatic rings. The van der Waals surface area contributed by atoms with Gasteiger partial charge in [-0.15, -0.1) is 0 Å². The van der Waals surface area contributed by atoms with Gasteiger partial charge in [0.1, 0.15) is 0 Å². The first-order chi connectivity index (χ1) is 9.20. The molecular weight excluding hydrogens is 243 g/mol. The first-order valence-electron chi connectivity index (χ1n) is 7.31. The zero-order chi connectivity index (χ0) is 14.3. The molecular formula is C16H27FO2. The highest BCUT2D eigenvalue weighted by Crippen LogP contribution is 2.13. The molecule has 2 nitrogen and oxygen atoms in total. The Balaban J connectivity index is 3.47. The fourth-order valence-corrected chi connectivity index (χ4v) is 1.81. The van der Waals surface area contributed by atoms with E-state index in [1.807, 2.05) is 0 Å². The summed E-state index contributed by atoms with van der Waals surface area (Å²) in [7, 11) is 1.30. The van der Waals surface area contributed by atoms with E-state index in [0.29, 0.717) is 6.42 Å². The lowest BCUT2D eigenvalue weighted by molar-refractivity contribution is -0.134.